The van der Waals surface area contributed by atoms with Gasteiger partial charge in [0.2, 0.25) is 0 Å². The average molecular weight is 181 g/mol. The molecule has 1 aromatic carbocycles. The first kappa shape index (κ1) is 10.2. The maximum atomic E-state index is 12.6. The van der Waals surface area contributed by atoms with Gasteiger partial charge in [0, 0.05) is 6.04 Å². The highest BCUT2D eigenvalue weighted by Crippen LogP contribution is 2.20. The Kier molecular flexibility index (Phi) is 3.43. The van der Waals surface area contributed by atoms with Crippen LogP contribution in [0.1, 0.15) is 25.5 Å². The minimum Gasteiger partial charge on any atom is -0.313 e. The van der Waals surface area contributed by atoms with Gasteiger partial charge in [-0.05, 0) is 30.7 Å². The summed E-state index contributed by atoms with van der Waals surface area (Å²) < 4.78 is 12.6. The summed E-state index contributed by atoms with van der Waals surface area (Å²) >= 11 is 0. The minimum atomic E-state index is -0.178. The van der Waals surface area contributed by atoms with Crippen molar-refractivity contribution in [2.24, 2.45) is 5.92 Å². The van der Waals surface area contributed by atoms with Gasteiger partial charge in [-0.25, -0.2) is 4.39 Å². The van der Waals surface area contributed by atoms with Gasteiger partial charge in [0.25, 0.3) is 0 Å². The maximum absolute atomic E-state index is 12.6. The van der Waals surface area contributed by atoms with Crippen LogP contribution in [0.5, 0.6) is 0 Å². The molecule has 0 bridgehead atoms. The summed E-state index contributed by atoms with van der Waals surface area (Å²) in [5.41, 5.74) is 1.14. The molecule has 0 aliphatic heterocycles. The SMILES string of the molecule is CN[C@H](c1ccc(F)cc1)C(C)C. The molecule has 72 valence electrons. The van der Waals surface area contributed by atoms with Crippen molar-refractivity contribution in [3.05, 3.63) is 35.6 Å². The first-order valence-electron chi connectivity index (χ1n) is 4.58. The van der Waals surface area contributed by atoms with Gasteiger partial charge >= 0.3 is 0 Å². The molecule has 13 heavy (non-hydrogen) atoms. The Balaban J connectivity index is 2.86. The number of hydrogen-bond acceptors (Lipinski definition) is 1. The summed E-state index contributed by atoms with van der Waals surface area (Å²) in [6.07, 6.45) is 0. The molecule has 0 heterocycles. The van der Waals surface area contributed by atoms with Gasteiger partial charge in [-0.1, -0.05) is 26.0 Å². The van der Waals surface area contributed by atoms with Gasteiger partial charge in [0.15, 0.2) is 0 Å². The Labute approximate surface area is 79.0 Å². The van der Waals surface area contributed by atoms with Crippen molar-refractivity contribution in [3.8, 4) is 0 Å². The molecule has 0 radical (unpaired) electrons. The van der Waals surface area contributed by atoms with Crippen molar-refractivity contribution in [1.29, 1.82) is 0 Å². The number of halogens is 1. The third-order valence-electron chi connectivity index (χ3n) is 2.21. The van der Waals surface area contributed by atoms with Gasteiger partial charge in [-0.3, -0.25) is 0 Å². The Bertz CT molecular complexity index is 253. The molecule has 1 aromatic rings. The molecule has 1 N–H and O–H groups in total. The Morgan fingerprint density at radius 2 is 1.69 bits per heavy atom. The summed E-state index contributed by atoms with van der Waals surface area (Å²) in [5.74, 6) is 0.331. The minimum absolute atomic E-state index is 0.178. The van der Waals surface area contributed by atoms with E-state index >= 15 is 0 Å². The van der Waals surface area contributed by atoms with Gasteiger partial charge in [-0.15, -0.1) is 0 Å². The van der Waals surface area contributed by atoms with Crippen LogP contribution < -0.4 is 5.32 Å². The van der Waals surface area contributed by atoms with E-state index in [1.54, 1.807) is 0 Å². The molecule has 0 aliphatic carbocycles. The zero-order valence-electron chi connectivity index (χ0n) is 8.34. The third kappa shape index (κ3) is 2.52. The zero-order chi connectivity index (χ0) is 9.84. The molecule has 0 aliphatic rings. The summed E-state index contributed by atoms with van der Waals surface area (Å²) in [5, 5.41) is 3.21. The second-order valence-corrected chi connectivity index (χ2v) is 3.56. The van der Waals surface area contributed by atoms with Gasteiger partial charge < -0.3 is 5.32 Å². The van der Waals surface area contributed by atoms with Crippen molar-refractivity contribution < 1.29 is 4.39 Å². The van der Waals surface area contributed by atoms with Crippen molar-refractivity contribution in [1.82, 2.24) is 5.32 Å². The molecule has 1 rings (SSSR count). The smallest absolute Gasteiger partial charge is 0.123 e. The van der Waals surface area contributed by atoms with E-state index in [4.69, 9.17) is 0 Å². The van der Waals surface area contributed by atoms with E-state index < -0.39 is 0 Å². The van der Waals surface area contributed by atoms with Crippen LogP contribution in [0.3, 0.4) is 0 Å². The fourth-order valence-electron chi connectivity index (χ4n) is 1.56. The number of rotatable bonds is 3. The predicted octanol–water partition coefficient (Wildman–Crippen LogP) is 2.74. The second kappa shape index (κ2) is 4.38. The molecule has 1 atom stereocenters. The normalized spacial score (nSPS) is 13.3. The number of nitrogens with one attached hydrogen (secondary N) is 1. The highest BCUT2D eigenvalue weighted by Gasteiger charge is 2.12. The van der Waals surface area contributed by atoms with E-state index in [2.05, 4.69) is 19.2 Å². The summed E-state index contributed by atoms with van der Waals surface area (Å²) in [7, 11) is 1.92. The molecule has 0 spiro atoms. The molecule has 1 nitrogen and oxygen atoms in total. The van der Waals surface area contributed by atoms with E-state index in [1.807, 2.05) is 19.2 Å². The molecule has 0 amide bonds. The standard InChI is InChI=1S/C11H16FN/c1-8(2)11(13-3)9-4-6-10(12)7-5-9/h4-8,11,13H,1-3H3/t11-/m0/s1. The highest BCUT2D eigenvalue weighted by molar-refractivity contribution is 5.20. The second-order valence-electron chi connectivity index (χ2n) is 3.56. The molecule has 2 heteroatoms. The lowest BCUT2D eigenvalue weighted by Gasteiger charge is -2.20. The van der Waals surface area contributed by atoms with E-state index in [1.165, 1.54) is 12.1 Å². The summed E-state index contributed by atoms with van der Waals surface area (Å²) in [6.45, 7) is 4.29. The lowest BCUT2D eigenvalue weighted by atomic mass is 9.96. The average Bonchev–Trinajstić information content (AvgIpc) is 2.09. The van der Waals surface area contributed by atoms with Crippen LogP contribution >= 0.6 is 0 Å². The lowest BCUT2D eigenvalue weighted by Crippen LogP contribution is -2.21. The monoisotopic (exact) mass is 181 g/mol. The van der Waals surface area contributed by atoms with E-state index in [9.17, 15) is 4.39 Å². The number of hydrogen-bond donors (Lipinski definition) is 1. The van der Waals surface area contributed by atoms with Crippen LogP contribution in [0, 0.1) is 11.7 Å². The predicted molar refractivity (Wildman–Crippen MR) is 53.0 cm³/mol. The third-order valence-corrected chi connectivity index (χ3v) is 2.21. The summed E-state index contributed by atoms with van der Waals surface area (Å²) in [6, 6.07) is 6.97. The molecule has 0 aromatic heterocycles. The molecular formula is C11H16FN. The fourth-order valence-corrected chi connectivity index (χ4v) is 1.56. The quantitative estimate of drug-likeness (QED) is 0.756. The van der Waals surface area contributed by atoms with Crippen LogP contribution in [0.15, 0.2) is 24.3 Å². The number of benzene rings is 1. The molecule has 0 fully saturated rings. The first-order chi connectivity index (χ1) is 6.15. The first-order valence-corrected chi connectivity index (χ1v) is 4.58. The highest BCUT2D eigenvalue weighted by atomic mass is 19.1. The van der Waals surface area contributed by atoms with E-state index in [0.717, 1.165) is 5.56 Å². The van der Waals surface area contributed by atoms with Gasteiger partial charge in [0.05, 0.1) is 0 Å². The largest absolute Gasteiger partial charge is 0.313 e. The van der Waals surface area contributed by atoms with Crippen LogP contribution in [-0.4, -0.2) is 7.05 Å². The van der Waals surface area contributed by atoms with Gasteiger partial charge in [-0.2, -0.15) is 0 Å². The van der Waals surface area contributed by atoms with Crippen molar-refractivity contribution in [2.45, 2.75) is 19.9 Å². The molecular weight excluding hydrogens is 165 g/mol. The Hall–Kier alpha value is -0.890. The topological polar surface area (TPSA) is 12.0 Å². The molecule has 0 saturated heterocycles. The van der Waals surface area contributed by atoms with Gasteiger partial charge in [0.1, 0.15) is 5.82 Å². The van der Waals surface area contributed by atoms with Crippen LogP contribution in [0.4, 0.5) is 4.39 Å². The van der Waals surface area contributed by atoms with Crippen LogP contribution in [-0.2, 0) is 0 Å². The van der Waals surface area contributed by atoms with Crippen LogP contribution in [0.2, 0.25) is 0 Å². The molecule has 0 unspecified atom stereocenters. The van der Waals surface area contributed by atoms with Crippen molar-refractivity contribution in [2.75, 3.05) is 7.05 Å². The zero-order valence-corrected chi connectivity index (χ0v) is 8.34. The Morgan fingerprint density at radius 3 is 2.08 bits per heavy atom. The summed E-state index contributed by atoms with van der Waals surface area (Å²) in [4.78, 5) is 0. The van der Waals surface area contributed by atoms with Crippen LogP contribution in [0.25, 0.3) is 0 Å². The Morgan fingerprint density at radius 1 is 1.15 bits per heavy atom. The van der Waals surface area contributed by atoms with E-state index in [-0.39, 0.29) is 5.82 Å². The lowest BCUT2D eigenvalue weighted by molar-refractivity contribution is 0.442. The van der Waals surface area contributed by atoms with Crippen molar-refractivity contribution in [3.63, 3.8) is 0 Å². The maximum Gasteiger partial charge on any atom is 0.123 e. The fraction of sp³-hybridized carbons (Fsp3) is 0.455. The van der Waals surface area contributed by atoms with Crippen molar-refractivity contribution >= 4 is 0 Å². The molecule has 0 saturated carbocycles. The van der Waals surface area contributed by atoms with E-state index in [0.29, 0.717) is 12.0 Å².